The van der Waals surface area contributed by atoms with Crippen molar-refractivity contribution in [3.63, 3.8) is 0 Å². The molecular weight excluding hydrogens is 212 g/mol. The molecule has 2 aromatic rings. The van der Waals surface area contributed by atoms with Crippen LogP contribution in [-0.4, -0.2) is 14.8 Å². The molecule has 0 saturated heterocycles. The van der Waals surface area contributed by atoms with Crippen LogP contribution in [0.3, 0.4) is 0 Å². The quantitative estimate of drug-likeness (QED) is 0.810. The van der Waals surface area contributed by atoms with Crippen molar-refractivity contribution in [2.45, 2.75) is 13.8 Å². The van der Waals surface area contributed by atoms with Gasteiger partial charge in [0.05, 0.1) is 23.8 Å². The van der Waals surface area contributed by atoms with Gasteiger partial charge in [-0.15, -0.1) is 0 Å². The summed E-state index contributed by atoms with van der Waals surface area (Å²) in [6.45, 7) is 4.00. The second kappa shape index (κ2) is 5.36. The number of nitrogens with two attached hydrogens (primary N) is 1. The molecule has 0 atom stereocenters. The molecule has 0 aromatic carbocycles. The zero-order chi connectivity index (χ0) is 11.3. The van der Waals surface area contributed by atoms with E-state index in [-0.39, 0.29) is 0 Å². The molecule has 0 unspecified atom stereocenters. The van der Waals surface area contributed by atoms with Gasteiger partial charge in [0, 0.05) is 6.20 Å². The molecule has 4 nitrogen and oxygen atoms in total. The van der Waals surface area contributed by atoms with Gasteiger partial charge in [-0.25, -0.2) is 4.68 Å². The lowest BCUT2D eigenvalue weighted by Crippen LogP contribution is -1.94. The van der Waals surface area contributed by atoms with Crippen LogP contribution in [0, 0.1) is 0 Å². The van der Waals surface area contributed by atoms with Gasteiger partial charge in [-0.3, -0.25) is 4.98 Å². The van der Waals surface area contributed by atoms with E-state index < -0.39 is 0 Å². The van der Waals surface area contributed by atoms with Crippen LogP contribution < -0.4 is 5.73 Å². The summed E-state index contributed by atoms with van der Waals surface area (Å²) in [7, 11) is 0. The van der Waals surface area contributed by atoms with Crippen molar-refractivity contribution in [1.29, 1.82) is 0 Å². The molecule has 15 heavy (non-hydrogen) atoms. The molecule has 0 saturated carbocycles. The number of rotatable bonds is 1. The summed E-state index contributed by atoms with van der Waals surface area (Å²) >= 11 is 5.70. The van der Waals surface area contributed by atoms with Crippen molar-refractivity contribution in [2.24, 2.45) is 0 Å². The van der Waals surface area contributed by atoms with Gasteiger partial charge in [-0.05, 0) is 12.1 Å². The van der Waals surface area contributed by atoms with Crippen molar-refractivity contribution < 1.29 is 0 Å². The smallest absolute Gasteiger partial charge is 0.174 e. The number of hydrogen-bond acceptors (Lipinski definition) is 3. The van der Waals surface area contributed by atoms with E-state index in [9.17, 15) is 0 Å². The van der Waals surface area contributed by atoms with Crippen LogP contribution in [0.5, 0.6) is 0 Å². The Hall–Kier alpha value is -1.55. The summed E-state index contributed by atoms with van der Waals surface area (Å²) < 4.78 is 1.59. The average molecular weight is 225 g/mol. The number of nitrogen functional groups attached to an aromatic ring is 1. The molecule has 0 radical (unpaired) electrons. The van der Waals surface area contributed by atoms with Crippen LogP contribution in [0.15, 0.2) is 30.7 Å². The number of anilines is 1. The number of aromatic nitrogens is 3. The van der Waals surface area contributed by atoms with Crippen molar-refractivity contribution in [3.8, 4) is 5.69 Å². The van der Waals surface area contributed by atoms with E-state index in [1.54, 1.807) is 23.3 Å². The summed E-state index contributed by atoms with van der Waals surface area (Å²) in [5.41, 5.74) is 6.84. The van der Waals surface area contributed by atoms with Gasteiger partial charge in [0.2, 0.25) is 0 Å². The van der Waals surface area contributed by atoms with E-state index in [2.05, 4.69) is 10.1 Å². The first-order valence-electron chi connectivity index (χ1n) is 4.68. The number of halogens is 1. The highest BCUT2D eigenvalue weighted by Crippen LogP contribution is 2.17. The fraction of sp³-hybridized carbons (Fsp3) is 0.200. The van der Waals surface area contributed by atoms with E-state index in [1.165, 1.54) is 0 Å². The maximum atomic E-state index is 5.70. The number of pyridine rings is 1. The lowest BCUT2D eigenvalue weighted by atomic mass is 10.4. The molecule has 0 fully saturated rings. The van der Waals surface area contributed by atoms with Gasteiger partial charge in [0.1, 0.15) is 0 Å². The van der Waals surface area contributed by atoms with Gasteiger partial charge in [0.15, 0.2) is 5.15 Å². The largest absolute Gasteiger partial charge is 0.395 e. The summed E-state index contributed by atoms with van der Waals surface area (Å²) in [6, 6.07) is 3.69. The predicted molar refractivity (Wildman–Crippen MR) is 62.1 cm³/mol. The standard InChI is InChI=1S/C8H7ClN4.C2H6/c9-8-7(10)5-13(12-8)6-2-1-3-11-4-6;1-2/h1-5H,10H2;1-2H3. The van der Waals surface area contributed by atoms with E-state index >= 15 is 0 Å². The Balaban J connectivity index is 0.000000531. The molecule has 2 aromatic heterocycles. The third-order valence-corrected chi connectivity index (χ3v) is 1.90. The number of nitrogens with zero attached hydrogens (tertiary/aromatic N) is 3. The van der Waals surface area contributed by atoms with Crippen LogP contribution in [0.2, 0.25) is 5.15 Å². The molecule has 2 N–H and O–H groups in total. The molecule has 0 aliphatic heterocycles. The molecule has 5 heteroatoms. The third kappa shape index (κ3) is 2.70. The van der Waals surface area contributed by atoms with Crippen LogP contribution >= 0.6 is 11.6 Å². The molecule has 0 spiro atoms. The molecule has 0 aliphatic rings. The fourth-order valence-corrected chi connectivity index (χ4v) is 1.12. The normalized spacial score (nSPS) is 9.27. The van der Waals surface area contributed by atoms with Crippen LogP contribution in [0.1, 0.15) is 13.8 Å². The van der Waals surface area contributed by atoms with Crippen LogP contribution in [0.4, 0.5) is 5.69 Å². The van der Waals surface area contributed by atoms with Gasteiger partial charge in [-0.2, -0.15) is 5.10 Å². The molecule has 80 valence electrons. The summed E-state index contributed by atoms with van der Waals surface area (Å²) in [6.07, 6.45) is 5.03. The lowest BCUT2D eigenvalue weighted by molar-refractivity contribution is 0.874. The molecular formula is C10H13ClN4. The minimum absolute atomic E-state index is 0.309. The molecule has 2 heterocycles. The molecule has 0 bridgehead atoms. The van der Waals surface area contributed by atoms with Gasteiger partial charge in [0.25, 0.3) is 0 Å². The molecule has 0 aliphatic carbocycles. The van der Waals surface area contributed by atoms with Crippen molar-refractivity contribution in [3.05, 3.63) is 35.9 Å². The summed E-state index contributed by atoms with van der Waals surface area (Å²) in [4.78, 5) is 3.96. The lowest BCUT2D eigenvalue weighted by Gasteiger charge is -1.97. The topological polar surface area (TPSA) is 56.7 Å². The van der Waals surface area contributed by atoms with Crippen LogP contribution in [0.25, 0.3) is 5.69 Å². The van der Waals surface area contributed by atoms with Gasteiger partial charge in [-0.1, -0.05) is 25.4 Å². The van der Waals surface area contributed by atoms with E-state index in [0.29, 0.717) is 10.8 Å². The second-order valence-corrected chi connectivity index (χ2v) is 2.89. The number of hydrogen-bond donors (Lipinski definition) is 1. The Morgan fingerprint density at radius 3 is 2.60 bits per heavy atom. The monoisotopic (exact) mass is 224 g/mol. The maximum absolute atomic E-state index is 5.70. The Kier molecular flexibility index (Phi) is 4.12. The minimum Gasteiger partial charge on any atom is -0.395 e. The van der Waals surface area contributed by atoms with Crippen molar-refractivity contribution in [2.75, 3.05) is 5.73 Å². The molecule has 0 amide bonds. The maximum Gasteiger partial charge on any atom is 0.174 e. The first-order chi connectivity index (χ1) is 7.27. The first kappa shape index (κ1) is 11.5. The third-order valence-electron chi connectivity index (χ3n) is 1.61. The highest BCUT2D eigenvalue weighted by atomic mass is 35.5. The highest BCUT2D eigenvalue weighted by Gasteiger charge is 2.03. The van der Waals surface area contributed by atoms with Crippen molar-refractivity contribution >= 4 is 17.3 Å². The SMILES string of the molecule is CC.Nc1cn(-c2cccnc2)nc1Cl. The second-order valence-electron chi connectivity index (χ2n) is 2.53. The zero-order valence-corrected chi connectivity index (χ0v) is 9.44. The Labute approximate surface area is 93.7 Å². The summed E-state index contributed by atoms with van der Waals surface area (Å²) in [5.74, 6) is 0. The Morgan fingerprint density at radius 2 is 2.13 bits per heavy atom. The Bertz CT molecular complexity index is 391. The van der Waals surface area contributed by atoms with E-state index in [4.69, 9.17) is 17.3 Å². The van der Waals surface area contributed by atoms with E-state index in [0.717, 1.165) is 5.69 Å². The van der Waals surface area contributed by atoms with Gasteiger partial charge >= 0.3 is 0 Å². The Morgan fingerprint density at radius 1 is 1.40 bits per heavy atom. The minimum atomic E-state index is 0.309. The predicted octanol–water partition coefficient (Wildman–Crippen LogP) is 2.53. The first-order valence-corrected chi connectivity index (χ1v) is 5.06. The van der Waals surface area contributed by atoms with Gasteiger partial charge < -0.3 is 5.73 Å². The highest BCUT2D eigenvalue weighted by molar-refractivity contribution is 6.31. The molecule has 2 rings (SSSR count). The van der Waals surface area contributed by atoms with Crippen molar-refractivity contribution in [1.82, 2.24) is 14.8 Å². The average Bonchev–Trinajstić information content (AvgIpc) is 2.63. The van der Waals surface area contributed by atoms with E-state index in [1.807, 2.05) is 26.0 Å². The zero-order valence-electron chi connectivity index (χ0n) is 8.68. The van der Waals surface area contributed by atoms with Crippen LogP contribution in [-0.2, 0) is 0 Å². The fourth-order valence-electron chi connectivity index (χ4n) is 0.988. The summed E-state index contributed by atoms with van der Waals surface area (Å²) in [5, 5.41) is 4.31.